The fourth-order valence-corrected chi connectivity index (χ4v) is 4.36. The van der Waals surface area contributed by atoms with Gasteiger partial charge in [-0.1, -0.05) is 24.6 Å². The van der Waals surface area contributed by atoms with E-state index >= 15 is 0 Å². The van der Waals surface area contributed by atoms with E-state index in [2.05, 4.69) is 26.5 Å². The summed E-state index contributed by atoms with van der Waals surface area (Å²) in [5, 5.41) is 0.411. The lowest BCUT2D eigenvalue weighted by Crippen LogP contribution is -2.34. The quantitative estimate of drug-likeness (QED) is 0.878. The van der Waals surface area contributed by atoms with Crippen LogP contribution in [0.5, 0.6) is 0 Å². The molecule has 1 N–H and O–H groups in total. The Morgan fingerprint density at radius 3 is 2.48 bits per heavy atom. The first-order valence-electron chi connectivity index (χ1n) is 8.22. The molecule has 134 valence electrons. The monoisotopic (exact) mass is 380 g/mol. The van der Waals surface area contributed by atoms with Crippen molar-refractivity contribution in [3.8, 4) is 0 Å². The van der Waals surface area contributed by atoms with Gasteiger partial charge in [0.25, 0.3) is 10.0 Å². The Balaban J connectivity index is 1.76. The van der Waals surface area contributed by atoms with Gasteiger partial charge in [-0.2, -0.15) is 0 Å². The second kappa shape index (κ2) is 7.17. The van der Waals surface area contributed by atoms with Gasteiger partial charge in [-0.05, 0) is 43.4 Å². The number of sulfonamides is 1. The topological polar surface area (TPSA) is 75.2 Å². The molecule has 1 fully saturated rings. The molecule has 0 bridgehead atoms. The Labute approximate surface area is 153 Å². The maximum atomic E-state index is 12.6. The lowest BCUT2D eigenvalue weighted by atomic mass is 10.00. The minimum absolute atomic E-state index is 0.147. The summed E-state index contributed by atoms with van der Waals surface area (Å²) in [5.41, 5.74) is 0.838. The van der Waals surface area contributed by atoms with Gasteiger partial charge in [0.2, 0.25) is 5.95 Å². The minimum atomic E-state index is -3.74. The van der Waals surface area contributed by atoms with Crippen LogP contribution >= 0.6 is 11.6 Å². The highest BCUT2D eigenvalue weighted by atomic mass is 35.5. The summed E-state index contributed by atoms with van der Waals surface area (Å²) in [4.78, 5) is 10.9. The van der Waals surface area contributed by atoms with E-state index in [1.807, 2.05) is 0 Å². The number of aromatic nitrogens is 2. The largest absolute Gasteiger partial charge is 0.341 e. The smallest absolute Gasteiger partial charge is 0.262 e. The molecule has 1 aromatic carbocycles. The number of benzene rings is 1. The number of nitrogens with zero attached hydrogens (tertiary/aromatic N) is 3. The summed E-state index contributed by atoms with van der Waals surface area (Å²) >= 11 is 6.02. The van der Waals surface area contributed by atoms with E-state index < -0.39 is 10.0 Å². The molecule has 1 aromatic heterocycles. The van der Waals surface area contributed by atoms with Crippen LogP contribution in [0, 0.1) is 12.8 Å². The van der Waals surface area contributed by atoms with E-state index in [0.29, 0.717) is 22.2 Å². The standard InChI is InChI=1S/C17H21ClN4O2S/c1-12-6-8-22(9-7-12)17-19-10-14(11-20-17)21-25(23,24)16-5-3-4-15(18)13(16)2/h3-5,10-12,21H,6-9H2,1-2H3. The number of anilines is 2. The molecule has 0 aliphatic carbocycles. The molecule has 8 heteroatoms. The van der Waals surface area contributed by atoms with Crippen molar-refractivity contribution in [1.82, 2.24) is 9.97 Å². The molecule has 1 aliphatic heterocycles. The van der Waals surface area contributed by atoms with Crippen molar-refractivity contribution in [2.24, 2.45) is 5.92 Å². The summed E-state index contributed by atoms with van der Waals surface area (Å²) in [6, 6.07) is 4.79. The molecule has 0 amide bonds. The second-order valence-corrected chi connectivity index (χ2v) is 8.47. The third-order valence-corrected chi connectivity index (χ3v) is 6.40. The highest BCUT2D eigenvalue weighted by Crippen LogP contribution is 2.25. The summed E-state index contributed by atoms with van der Waals surface area (Å²) in [6.45, 7) is 5.77. The molecule has 6 nitrogen and oxygen atoms in total. The maximum absolute atomic E-state index is 12.6. The zero-order valence-electron chi connectivity index (χ0n) is 14.2. The normalized spacial score (nSPS) is 16.0. The molecule has 1 aliphatic rings. The van der Waals surface area contributed by atoms with E-state index in [-0.39, 0.29) is 4.90 Å². The fourth-order valence-electron chi connectivity index (χ4n) is 2.83. The van der Waals surface area contributed by atoms with Crippen LogP contribution in [0.3, 0.4) is 0 Å². The molecule has 0 atom stereocenters. The first kappa shape index (κ1) is 17.9. The van der Waals surface area contributed by atoms with Crippen LogP contribution < -0.4 is 9.62 Å². The van der Waals surface area contributed by atoms with Crippen molar-refractivity contribution in [2.75, 3.05) is 22.7 Å². The predicted octanol–water partition coefficient (Wildman–Crippen LogP) is 3.48. The zero-order chi connectivity index (χ0) is 18.0. The van der Waals surface area contributed by atoms with Crippen molar-refractivity contribution in [1.29, 1.82) is 0 Å². The van der Waals surface area contributed by atoms with Gasteiger partial charge in [0.05, 0.1) is 23.0 Å². The highest BCUT2D eigenvalue weighted by molar-refractivity contribution is 7.92. The number of nitrogens with one attached hydrogen (secondary N) is 1. The molecule has 0 unspecified atom stereocenters. The van der Waals surface area contributed by atoms with Crippen LogP contribution in [0.4, 0.5) is 11.6 Å². The first-order chi connectivity index (χ1) is 11.9. The predicted molar refractivity (Wildman–Crippen MR) is 99.6 cm³/mol. The van der Waals surface area contributed by atoms with Crippen molar-refractivity contribution in [2.45, 2.75) is 31.6 Å². The second-order valence-electron chi connectivity index (χ2n) is 6.41. The van der Waals surface area contributed by atoms with Crippen LogP contribution in [0.25, 0.3) is 0 Å². The van der Waals surface area contributed by atoms with Gasteiger partial charge in [-0.3, -0.25) is 4.72 Å². The summed E-state index contributed by atoms with van der Waals surface area (Å²) in [6.07, 6.45) is 5.23. The Morgan fingerprint density at radius 1 is 1.20 bits per heavy atom. The van der Waals surface area contributed by atoms with Crippen molar-refractivity contribution >= 4 is 33.3 Å². The van der Waals surface area contributed by atoms with E-state index in [0.717, 1.165) is 31.8 Å². The van der Waals surface area contributed by atoms with Crippen molar-refractivity contribution in [3.05, 3.63) is 41.2 Å². The summed E-state index contributed by atoms with van der Waals surface area (Å²) in [5.74, 6) is 1.36. The van der Waals surface area contributed by atoms with Crippen molar-refractivity contribution < 1.29 is 8.42 Å². The average molecular weight is 381 g/mol. The lowest BCUT2D eigenvalue weighted by molar-refractivity contribution is 0.434. The highest BCUT2D eigenvalue weighted by Gasteiger charge is 2.20. The van der Waals surface area contributed by atoms with E-state index in [1.54, 1.807) is 19.1 Å². The first-order valence-corrected chi connectivity index (χ1v) is 10.1. The molecule has 3 rings (SSSR count). The molecular formula is C17H21ClN4O2S. The number of piperidine rings is 1. The number of halogens is 1. The lowest BCUT2D eigenvalue weighted by Gasteiger charge is -2.30. The third kappa shape index (κ3) is 4.04. The average Bonchev–Trinajstić information content (AvgIpc) is 2.58. The maximum Gasteiger partial charge on any atom is 0.262 e. The summed E-state index contributed by atoms with van der Waals surface area (Å²) in [7, 11) is -3.74. The van der Waals surface area contributed by atoms with E-state index in [1.165, 1.54) is 18.5 Å². The molecular weight excluding hydrogens is 360 g/mol. The minimum Gasteiger partial charge on any atom is -0.341 e. The third-order valence-electron chi connectivity index (χ3n) is 4.46. The molecule has 1 saturated heterocycles. The van der Waals surface area contributed by atoms with Gasteiger partial charge in [-0.25, -0.2) is 18.4 Å². The van der Waals surface area contributed by atoms with Crippen LogP contribution in [0.1, 0.15) is 25.3 Å². The molecule has 2 heterocycles. The molecule has 2 aromatic rings. The van der Waals surface area contributed by atoms with Gasteiger partial charge in [0.15, 0.2) is 0 Å². The Kier molecular flexibility index (Phi) is 5.15. The Hall–Kier alpha value is -1.86. The number of rotatable bonds is 4. The Bertz CT molecular complexity index is 847. The van der Waals surface area contributed by atoms with E-state index in [4.69, 9.17) is 11.6 Å². The Morgan fingerprint density at radius 2 is 1.84 bits per heavy atom. The van der Waals surface area contributed by atoms with Crippen LogP contribution in [-0.4, -0.2) is 31.5 Å². The van der Waals surface area contributed by atoms with Crippen LogP contribution in [-0.2, 0) is 10.0 Å². The zero-order valence-corrected chi connectivity index (χ0v) is 15.8. The molecule has 0 spiro atoms. The van der Waals surface area contributed by atoms with Gasteiger partial charge in [0, 0.05) is 18.1 Å². The van der Waals surface area contributed by atoms with Gasteiger partial charge >= 0.3 is 0 Å². The molecule has 0 saturated carbocycles. The molecule has 25 heavy (non-hydrogen) atoms. The number of hydrogen-bond donors (Lipinski definition) is 1. The van der Waals surface area contributed by atoms with Crippen LogP contribution in [0.15, 0.2) is 35.5 Å². The van der Waals surface area contributed by atoms with E-state index in [9.17, 15) is 8.42 Å². The van der Waals surface area contributed by atoms with Crippen LogP contribution in [0.2, 0.25) is 5.02 Å². The number of hydrogen-bond acceptors (Lipinski definition) is 5. The molecule has 0 radical (unpaired) electrons. The van der Waals surface area contributed by atoms with Gasteiger partial charge < -0.3 is 4.90 Å². The SMILES string of the molecule is Cc1c(Cl)cccc1S(=O)(=O)Nc1cnc(N2CCC(C)CC2)nc1. The van der Waals surface area contributed by atoms with Crippen molar-refractivity contribution in [3.63, 3.8) is 0 Å². The summed E-state index contributed by atoms with van der Waals surface area (Å²) < 4.78 is 27.6. The van der Waals surface area contributed by atoms with Gasteiger partial charge in [0.1, 0.15) is 0 Å². The fraction of sp³-hybridized carbons (Fsp3) is 0.412. The van der Waals surface area contributed by atoms with Gasteiger partial charge in [-0.15, -0.1) is 0 Å².